The van der Waals surface area contributed by atoms with E-state index in [-0.39, 0.29) is 5.60 Å². The van der Waals surface area contributed by atoms with Gasteiger partial charge in [0.05, 0.1) is 31.2 Å². The Bertz CT molecular complexity index is 972. The molecule has 6 heteroatoms. The summed E-state index contributed by atoms with van der Waals surface area (Å²) in [5, 5.41) is 0. The lowest BCUT2D eigenvalue weighted by Gasteiger charge is -2.35. The maximum absolute atomic E-state index is 6.34. The Balaban J connectivity index is 1.37. The van der Waals surface area contributed by atoms with Crippen molar-refractivity contribution in [3.05, 3.63) is 66.4 Å². The standard InChI is InChI=1S/C22H24N4O2/c1-27-19-7-4-5-17(11-19)20-12-24-21-14-28-22(16-26(20)21)8-10-25(15-22)13-18-6-2-3-9-23-18/h2-7,9,11-12H,8,10,13-16H2,1H3/t22-/m0/s1. The number of benzene rings is 1. The number of nitrogens with zero attached hydrogens (tertiary/aromatic N) is 4. The van der Waals surface area contributed by atoms with Gasteiger partial charge in [-0.15, -0.1) is 0 Å². The van der Waals surface area contributed by atoms with Crippen LogP contribution in [-0.4, -0.2) is 45.2 Å². The van der Waals surface area contributed by atoms with E-state index >= 15 is 0 Å². The van der Waals surface area contributed by atoms with Gasteiger partial charge in [-0.25, -0.2) is 4.98 Å². The van der Waals surface area contributed by atoms with Gasteiger partial charge in [-0.3, -0.25) is 9.88 Å². The molecule has 0 N–H and O–H groups in total. The molecule has 2 aliphatic rings. The van der Waals surface area contributed by atoms with Gasteiger partial charge in [0.25, 0.3) is 0 Å². The molecular formula is C22H24N4O2. The lowest BCUT2D eigenvalue weighted by Crippen LogP contribution is -2.44. The first-order valence-electron chi connectivity index (χ1n) is 9.70. The largest absolute Gasteiger partial charge is 0.497 e. The second kappa shape index (κ2) is 7.04. The van der Waals surface area contributed by atoms with Gasteiger partial charge < -0.3 is 14.0 Å². The van der Waals surface area contributed by atoms with Crippen molar-refractivity contribution in [2.75, 3.05) is 20.2 Å². The molecule has 0 radical (unpaired) electrons. The molecule has 1 fully saturated rings. The van der Waals surface area contributed by atoms with E-state index in [0.29, 0.717) is 6.61 Å². The minimum absolute atomic E-state index is 0.157. The van der Waals surface area contributed by atoms with Crippen molar-refractivity contribution in [2.24, 2.45) is 0 Å². The third kappa shape index (κ3) is 3.19. The maximum Gasteiger partial charge on any atom is 0.135 e. The van der Waals surface area contributed by atoms with Crippen molar-refractivity contribution in [3.63, 3.8) is 0 Å². The molecule has 3 aromatic rings. The number of aromatic nitrogens is 3. The van der Waals surface area contributed by atoms with Crippen LogP contribution in [0.25, 0.3) is 11.3 Å². The molecule has 144 valence electrons. The number of rotatable bonds is 4. The van der Waals surface area contributed by atoms with E-state index in [4.69, 9.17) is 9.47 Å². The molecule has 1 saturated heterocycles. The lowest BCUT2D eigenvalue weighted by molar-refractivity contribution is -0.0821. The predicted octanol–water partition coefficient (Wildman–Crippen LogP) is 3.13. The second-order valence-corrected chi connectivity index (χ2v) is 7.63. The Morgan fingerprint density at radius 2 is 2.11 bits per heavy atom. The maximum atomic E-state index is 6.34. The van der Waals surface area contributed by atoms with Crippen molar-refractivity contribution in [3.8, 4) is 17.0 Å². The summed E-state index contributed by atoms with van der Waals surface area (Å²) in [4.78, 5) is 11.5. The predicted molar refractivity (Wildman–Crippen MR) is 106 cm³/mol. The van der Waals surface area contributed by atoms with Gasteiger partial charge in [0.1, 0.15) is 23.8 Å². The van der Waals surface area contributed by atoms with E-state index in [1.165, 1.54) is 0 Å². The molecule has 6 nitrogen and oxygen atoms in total. The summed E-state index contributed by atoms with van der Waals surface area (Å²) < 4.78 is 14.1. The Hall–Kier alpha value is -2.70. The van der Waals surface area contributed by atoms with Gasteiger partial charge in [0.2, 0.25) is 0 Å². The Labute approximate surface area is 164 Å². The second-order valence-electron chi connectivity index (χ2n) is 7.63. The fraction of sp³-hybridized carbons (Fsp3) is 0.364. The van der Waals surface area contributed by atoms with Gasteiger partial charge in [-0.1, -0.05) is 18.2 Å². The highest BCUT2D eigenvalue weighted by molar-refractivity contribution is 5.61. The number of likely N-dealkylation sites (tertiary alicyclic amines) is 1. The van der Waals surface area contributed by atoms with E-state index in [1.807, 2.05) is 36.7 Å². The smallest absolute Gasteiger partial charge is 0.135 e. The highest BCUT2D eigenvalue weighted by atomic mass is 16.5. The third-order valence-corrected chi connectivity index (χ3v) is 5.76. The summed E-state index contributed by atoms with van der Waals surface area (Å²) in [7, 11) is 1.70. The van der Waals surface area contributed by atoms with Gasteiger partial charge in [0, 0.05) is 31.4 Å². The molecule has 0 unspecified atom stereocenters. The number of hydrogen-bond donors (Lipinski definition) is 0. The zero-order valence-corrected chi connectivity index (χ0v) is 16.0. The fourth-order valence-corrected chi connectivity index (χ4v) is 4.30. The van der Waals surface area contributed by atoms with E-state index < -0.39 is 0 Å². The lowest BCUT2D eigenvalue weighted by atomic mass is 10.0. The first-order chi connectivity index (χ1) is 13.7. The average molecular weight is 376 g/mol. The minimum atomic E-state index is -0.157. The highest BCUT2D eigenvalue weighted by Crippen LogP contribution is 2.36. The van der Waals surface area contributed by atoms with Crippen molar-refractivity contribution >= 4 is 0 Å². The molecule has 1 spiro atoms. The molecular weight excluding hydrogens is 352 g/mol. The van der Waals surface area contributed by atoms with Crippen LogP contribution in [0.1, 0.15) is 17.9 Å². The number of fused-ring (bicyclic) bond motifs is 1. The number of imidazole rings is 1. The zero-order valence-electron chi connectivity index (χ0n) is 16.0. The summed E-state index contributed by atoms with van der Waals surface area (Å²) in [6.07, 6.45) is 4.83. The first-order valence-corrected chi connectivity index (χ1v) is 9.70. The number of ether oxygens (including phenoxy) is 2. The van der Waals surface area contributed by atoms with Gasteiger partial charge in [-0.05, 0) is 30.7 Å². The molecule has 1 atom stereocenters. The normalized spacial score (nSPS) is 21.8. The van der Waals surface area contributed by atoms with Crippen molar-refractivity contribution in [1.82, 2.24) is 19.4 Å². The van der Waals surface area contributed by atoms with Crippen LogP contribution < -0.4 is 4.74 Å². The molecule has 5 rings (SSSR count). The van der Waals surface area contributed by atoms with Crippen molar-refractivity contribution in [2.45, 2.75) is 31.7 Å². The van der Waals surface area contributed by atoms with Crippen molar-refractivity contribution < 1.29 is 9.47 Å². The van der Waals surface area contributed by atoms with E-state index in [9.17, 15) is 0 Å². The van der Waals surface area contributed by atoms with Crippen LogP contribution in [0.4, 0.5) is 0 Å². The molecule has 28 heavy (non-hydrogen) atoms. The van der Waals surface area contributed by atoms with Crippen LogP contribution in [-0.2, 0) is 24.4 Å². The summed E-state index contributed by atoms with van der Waals surface area (Å²) >= 11 is 0. The molecule has 2 aliphatic heterocycles. The fourth-order valence-electron chi connectivity index (χ4n) is 4.30. The number of methoxy groups -OCH3 is 1. The molecule has 0 bridgehead atoms. The molecule has 2 aromatic heterocycles. The zero-order chi connectivity index (χ0) is 19.0. The monoisotopic (exact) mass is 376 g/mol. The molecule has 4 heterocycles. The van der Waals surface area contributed by atoms with Gasteiger partial charge in [0.15, 0.2) is 0 Å². The minimum Gasteiger partial charge on any atom is -0.497 e. The van der Waals surface area contributed by atoms with Crippen LogP contribution in [0, 0.1) is 0 Å². The number of hydrogen-bond acceptors (Lipinski definition) is 5. The third-order valence-electron chi connectivity index (χ3n) is 5.76. The van der Waals surface area contributed by atoms with Gasteiger partial charge >= 0.3 is 0 Å². The van der Waals surface area contributed by atoms with E-state index in [1.54, 1.807) is 7.11 Å². The van der Waals surface area contributed by atoms with Gasteiger partial charge in [-0.2, -0.15) is 0 Å². The van der Waals surface area contributed by atoms with Crippen LogP contribution in [0.5, 0.6) is 5.75 Å². The molecule has 1 aromatic carbocycles. The summed E-state index contributed by atoms with van der Waals surface area (Å²) in [5.74, 6) is 1.85. The van der Waals surface area contributed by atoms with Crippen LogP contribution in [0.3, 0.4) is 0 Å². The first kappa shape index (κ1) is 17.4. The van der Waals surface area contributed by atoms with Crippen molar-refractivity contribution in [1.29, 1.82) is 0 Å². The topological polar surface area (TPSA) is 52.4 Å². The highest BCUT2D eigenvalue weighted by Gasteiger charge is 2.43. The van der Waals surface area contributed by atoms with Crippen LogP contribution in [0.15, 0.2) is 54.9 Å². The van der Waals surface area contributed by atoms with E-state index in [0.717, 1.165) is 61.1 Å². The summed E-state index contributed by atoms with van der Waals surface area (Å²) in [5.41, 5.74) is 3.20. The van der Waals surface area contributed by atoms with E-state index in [2.05, 4.69) is 37.6 Å². The molecule has 0 aliphatic carbocycles. The molecule has 0 amide bonds. The Morgan fingerprint density at radius 1 is 1.14 bits per heavy atom. The quantitative estimate of drug-likeness (QED) is 0.700. The SMILES string of the molecule is COc1cccc(-c2cnc3n2C[C@@]2(CCN(Cc4ccccn4)C2)OC3)c1. The Kier molecular flexibility index (Phi) is 4.37. The van der Waals surface area contributed by atoms with Crippen LogP contribution in [0.2, 0.25) is 0 Å². The molecule has 0 saturated carbocycles. The summed E-state index contributed by atoms with van der Waals surface area (Å²) in [6, 6.07) is 14.2. The average Bonchev–Trinajstić information content (AvgIpc) is 3.33. The number of pyridine rings is 1. The van der Waals surface area contributed by atoms with Crippen LogP contribution >= 0.6 is 0 Å². The Morgan fingerprint density at radius 3 is 2.96 bits per heavy atom. The summed E-state index contributed by atoms with van der Waals surface area (Å²) in [6.45, 7) is 4.19.